The highest BCUT2D eigenvalue weighted by Crippen LogP contribution is 2.35. The maximum Gasteiger partial charge on any atom is 0.269 e. The number of benzene rings is 2. The molecule has 1 aliphatic rings. The van der Waals surface area contributed by atoms with E-state index in [0.29, 0.717) is 19.7 Å². The minimum atomic E-state index is -0.443. The van der Waals surface area contributed by atoms with Gasteiger partial charge in [-0.2, -0.15) is 0 Å². The molecule has 8 nitrogen and oxygen atoms in total. The van der Waals surface area contributed by atoms with E-state index in [-0.39, 0.29) is 17.7 Å². The second kappa shape index (κ2) is 9.78. The van der Waals surface area contributed by atoms with Crippen molar-refractivity contribution in [2.75, 3.05) is 25.0 Å². The van der Waals surface area contributed by atoms with E-state index in [2.05, 4.69) is 10.6 Å². The van der Waals surface area contributed by atoms with Crippen LogP contribution in [0.5, 0.6) is 11.5 Å². The maximum absolute atomic E-state index is 12.1. The van der Waals surface area contributed by atoms with Gasteiger partial charge in [-0.25, -0.2) is 0 Å². The molecule has 2 N–H and O–H groups in total. The molecule has 0 saturated heterocycles. The molecule has 0 bridgehead atoms. The smallest absolute Gasteiger partial charge is 0.269 e. The molecule has 30 heavy (non-hydrogen) atoms. The fourth-order valence-electron chi connectivity index (χ4n) is 3.18. The Morgan fingerprint density at radius 3 is 2.77 bits per heavy atom. The standard InChI is InChI=1S/C22H25N3O5/c1-3-29-20-14-17-12-15(2)30-21(17)13-16(20)4-9-22(26)24-11-10-23-18-5-7-19(8-6-18)25(27)28/h4-9,13-15,23H,3,10-12H2,1-2H3,(H,24,26)/b9-4+/t15-/m1/s1. The van der Waals surface area contributed by atoms with Crippen molar-refractivity contribution in [3.8, 4) is 11.5 Å². The molecule has 0 aromatic heterocycles. The highest BCUT2D eigenvalue weighted by Gasteiger charge is 2.21. The van der Waals surface area contributed by atoms with Crippen molar-refractivity contribution in [3.05, 3.63) is 63.7 Å². The number of ether oxygens (including phenoxy) is 2. The number of nitro groups is 1. The van der Waals surface area contributed by atoms with Crippen LogP contribution >= 0.6 is 0 Å². The number of carbonyl (C=O) groups excluding carboxylic acids is 1. The number of amides is 1. The second-order valence-electron chi connectivity index (χ2n) is 6.92. The summed E-state index contributed by atoms with van der Waals surface area (Å²) in [4.78, 5) is 22.3. The molecule has 0 saturated carbocycles. The summed E-state index contributed by atoms with van der Waals surface area (Å²) in [7, 11) is 0. The number of anilines is 1. The first-order valence-electron chi connectivity index (χ1n) is 9.87. The van der Waals surface area contributed by atoms with Gasteiger partial charge in [-0.05, 0) is 44.2 Å². The minimum absolute atomic E-state index is 0.0387. The van der Waals surface area contributed by atoms with Gasteiger partial charge in [-0.15, -0.1) is 0 Å². The van der Waals surface area contributed by atoms with Crippen molar-refractivity contribution in [3.63, 3.8) is 0 Å². The zero-order valence-electron chi connectivity index (χ0n) is 17.0. The summed E-state index contributed by atoms with van der Waals surface area (Å²) in [5.41, 5.74) is 2.70. The first-order valence-corrected chi connectivity index (χ1v) is 9.87. The third-order valence-electron chi connectivity index (χ3n) is 4.57. The van der Waals surface area contributed by atoms with E-state index in [4.69, 9.17) is 9.47 Å². The van der Waals surface area contributed by atoms with E-state index in [0.717, 1.165) is 34.7 Å². The van der Waals surface area contributed by atoms with Gasteiger partial charge in [0.15, 0.2) is 0 Å². The predicted octanol–water partition coefficient (Wildman–Crippen LogP) is 3.56. The van der Waals surface area contributed by atoms with Crippen LogP contribution in [0.25, 0.3) is 6.08 Å². The van der Waals surface area contributed by atoms with Gasteiger partial charge in [-0.3, -0.25) is 14.9 Å². The molecule has 2 aromatic rings. The molecule has 0 unspecified atom stereocenters. The highest BCUT2D eigenvalue weighted by atomic mass is 16.6. The molecule has 8 heteroatoms. The van der Waals surface area contributed by atoms with Gasteiger partial charge >= 0.3 is 0 Å². The molecule has 1 atom stereocenters. The SMILES string of the molecule is CCOc1cc2c(cc1/C=C/C(=O)NCCNc1ccc([N+](=O)[O-])cc1)O[C@H](C)C2. The van der Waals surface area contributed by atoms with Crippen LogP contribution in [0, 0.1) is 10.1 Å². The van der Waals surface area contributed by atoms with E-state index in [1.807, 2.05) is 26.0 Å². The number of non-ortho nitro benzene ring substituents is 1. The fraction of sp³-hybridized carbons (Fsp3) is 0.318. The first kappa shape index (κ1) is 21.2. The zero-order valence-corrected chi connectivity index (χ0v) is 17.0. The number of hydrogen-bond acceptors (Lipinski definition) is 6. The molecule has 3 rings (SSSR count). The van der Waals surface area contributed by atoms with Crippen LogP contribution in [0.15, 0.2) is 42.5 Å². The fourth-order valence-corrected chi connectivity index (χ4v) is 3.18. The van der Waals surface area contributed by atoms with Crippen molar-refractivity contribution in [1.82, 2.24) is 5.32 Å². The summed E-state index contributed by atoms with van der Waals surface area (Å²) < 4.78 is 11.5. The van der Waals surface area contributed by atoms with Crippen LogP contribution in [0.2, 0.25) is 0 Å². The van der Waals surface area contributed by atoms with Crippen LogP contribution in [0.1, 0.15) is 25.0 Å². The summed E-state index contributed by atoms with van der Waals surface area (Å²) in [5, 5.41) is 16.6. The lowest BCUT2D eigenvalue weighted by molar-refractivity contribution is -0.384. The van der Waals surface area contributed by atoms with Gasteiger partial charge in [0.2, 0.25) is 5.91 Å². The van der Waals surface area contributed by atoms with Crippen LogP contribution < -0.4 is 20.1 Å². The summed E-state index contributed by atoms with van der Waals surface area (Å²) >= 11 is 0. The molecule has 158 valence electrons. The van der Waals surface area contributed by atoms with Gasteiger partial charge < -0.3 is 20.1 Å². The lowest BCUT2D eigenvalue weighted by Crippen LogP contribution is -2.27. The normalized spacial score (nSPS) is 14.8. The lowest BCUT2D eigenvalue weighted by Gasteiger charge is -2.10. The van der Waals surface area contributed by atoms with Crippen molar-refractivity contribution in [2.24, 2.45) is 0 Å². The largest absolute Gasteiger partial charge is 0.493 e. The molecule has 0 spiro atoms. The third kappa shape index (κ3) is 5.50. The number of hydrogen-bond donors (Lipinski definition) is 2. The van der Waals surface area contributed by atoms with Crippen LogP contribution in [0.3, 0.4) is 0 Å². The minimum Gasteiger partial charge on any atom is -0.493 e. The molecule has 1 aliphatic heterocycles. The summed E-state index contributed by atoms with van der Waals surface area (Å²) in [6.45, 7) is 5.38. The topological polar surface area (TPSA) is 103 Å². The van der Waals surface area contributed by atoms with Crippen molar-refractivity contribution in [1.29, 1.82) is 0 Å². The van der Waals surface area contributed by atoms with Gasteiger partial charge in [0, 0.05) is 54.5 Å². The van der Waals surface area contributed by atoms with E-state index in [1.54, 1.807) is 18.2 Å². The average Bonchev–Trinajstić information content (AvgIpc) is 3.08. The average molecular weight is 411 g/mol. The first-order chi connectivity index (χ1) is 14.5. The number of nitrogens with one attached hydrogen (secondary N) is 2. The summed E-state index contributed by atoms with van der Waals surface area (Å²) in [6, 6.07) is 10.0. The number of rotatable bonds is 9. The van der Waals surface area contributed by atoms with E-state index >= 15 is 0 Å². The molecular formula is C22H25N3O5. The van der Waals surface area contributed by atoms with Gasteiger partial charge in [-0.1, -0.05) is 0 Å². The van der Waals surface area contributed by atoms with Gasteiger partial charge in [0.05, 0.1) is 11.5 Å². The van der Waals surface area contributed by atoms with Gasteiger partial charge in [0.25, 0.3) is 5.69 Å². The highest BCUT2D eigenvalue weighted by molar-refractivity contribution is 5.92. The predicted molar refractivity (Wildman–Crippen MR) is 115 cm³/mol. The number of nitrogens with zero attached hydrogens (tertiary/aromatic N) is 1. The number of carbonyl (C=O) groups is 1. The maximum atomic E-state index is 12.1. The molecular weight excluding hydrogens is 386 g/mol. The summed E-state index contributed by atoms with van der Waals surface area (Å²) in [6.07, 6.45) is 4.17. The molecule has 0 radical (unpaired) electrons. The number of nitro benzene ring substituents is 1. The van der Waals surface area contributed by atoms with E-state index in [9.17, 15) is 14.9 Å². The van der Waals surface area contributed by atoms with Crippen LogP contribution in [-0.2, 0) is 11.2 Å². The lowest BCUT2D eigenvalue weighted by atomic mass is 10.1. The van der Waals surface area contributed by atoms with Crippen LogP contribution in [-0.4, -0.2) is 36.6 Å². The summed E-state index contributed by atoms with van der Waals surface area (Å²) in [5.74, 6) is 1.34. The molecule has 1 amide bonds. The third-order valence-corrected chi connectivity index (χ3v) is 4.57. The van der Waals surface area contributed by atoms with Gasteiger partial charge in [0.1, 0.15) is 17.6 Å². The van der Waals surface area contributed by atoms with Crippen molar-refractivity contribution < 1.29 is 19.2 Å². The zero-order chi connectivity index (χ0) is 21.5. The Hall–Kier alpha value is -3.55. The Morgan fingerprint density at radius 1 is 1.30 bits per heavy atom. The van der Waals surface area contributed by atoms with E-state index in [1.165, 1.54) is 18.2 Å². The molecule has 0 fully saturated rings. The van der Waals surface area contributed by atoms with E-state index < -0.39 is 4.92 Å². The molecule has 1 heterocycles. The van der Waals surface area contributed by atoms with Crippen molar-refractivity contribution >= 4 is 23.4 Å². The Bertz CT molecular complexity index is 941. The van der Waals surface area contributed by atoms with Crippen molar-refractivity contribution in [2.45, 2.75) is 26.4 Å². The molecule has 2 aromatic carbocycles. The molecule has 0 aliphatic carbocycles. The van der Waals surface area contributed by atoms with Crippen LogP contribution in [0.4, 0.5) is 11.4 Å². The second-order valence-corrected chi connectivity index (χ2v) is 6.92. The Kier molecular flexibility index (Phi) is 6.90. The quantitative estimate of drug-likeness (QED) is 0.283. The number of fused-ring (bicyclic) bond motifs is 1. The Morgan fingerprint density at radius 2 is 2.07 bits per heavy atom. The monoisotopic (exact) mass is 411 g/mol. The Balaban J connectivity index is 1.51. The Labute approximate surface area is 175 Å².